The van der Waals surface area contributed by atoms with E-state index in [4.69, 9.17) is 4.52 Å². The van der Waals surface area contributed by atoms with E-state index in [2.05, 4.69) is 15.5 Å². The van der Waals surface area contributed by atoms with Crippen LogP contribution in [0.25, 0.3) is 27.2 Å². The van der Waals surface area contributed by atoms with Gasteiger partial charge in [-0.15, -0.1) is 0 Å². The molecular weight excluding hydrogens is 403 g/mol. The van der Waals surface area contributed by atoms with E-state index in [1.165, 1.54) is 23.5 Å². The van der Waals surface area contributed by atoms with Crippen molar-refractivity contribution >= 4 is 33.2 Å². The summed E-state index contributed by atoms with van der Waals surface area (Å²) in [4.78, 5) is 18.9. The lowest BCUT2D eigenvalue weighted by Crippen LogP contribution is -2.24. The molecule has 0 aliphatic heterocycles. The normalized spacial score (nSPS) is 11.4. The van der Waals surface area contributed by atoms with Crippen LogP contribution in [0.5, 0.6) is 0 Å². The number of aryl methyl sites for hydroxylation is 1. The van der Waals surface area contributed by atoms with Crippen LogP contribution >= 0.6 is 11.3 Å². The molecule has 6 nitrogen and oxygen atoms in total. The first-order valence-electron chi connectivity index (χ1n) is 9.42. The minimum Gasteiger partial charge on any atom is -0.356 e. The van der Waals surface area contributed by atoms with Gasteiger partial charge in [0.15, 0.2) is 10.5 Å². The van der Waals surface area contributed by atoms with E-state index in [9.17, 15) is 9.18 Å². The lowest BCUT2D eigenvalue weighted by atomic mass is 10.1. The largest absolute Gasteiger partial charge is 0.356 e. The van der Waals surface area contributed by atoms with Crippen LogP contribution in [0.1, 0.15) is 16.3 Å². The predicted molar refractivity (Wildman–Crippen MR) is 113 cm³/mol. The van der Waals surface area contributed by atoms with Crippen LogP contribution in [-0.2, 0) is 17.8 Å². The molecule has 0 atom stereocenters. The number of carbonyl (C=O) groups excluding carboxylic acids is 1. The lowest BCUT2D eigenvalue weighted by molar-refractivity contribution is -0.120. The van der Waals surface area contributed by atoms with Gasteiger partial charge in [-0.2, -0.15) is 0 Å². The van der Waals surface area contributed by atoms with Crippen molar-refractivity contribution in [2.45, 2.75) is 19.9 Å². The molecule has 3 heterocycles. The molecule has 0 bridgehead atoms. The summed E-state index contributed by atoms with van der Waals surface area (Å²) >= 11 is 1.52. The zero-order chi connectivity index (χ0) is 20.7. The maximum atomic E-state index is 13.1. The third-order valence-electron chi connectivity index (χ3n) is 5.02. The molecule has 0 saturated heterocycles. The van der Waals surface area contributed by atoms with Crippen molar-refractivity contribution in [1.29, 1.82) is 0 Å². The minimum atomic E-state index is -0.271. The Morgan fingerprint density at radius 2 is 2.00 bits per heavy atom. The number of thiazole rings is 1. The van der Waals surface area contributed by atoms with Crippen molar-refractivity contribution < 1.29 is 13.7 Å². The van der Waals surface area contributed by atoms with E-state index >= 15 is 0 Å². The quantitative estimate of drug-likeness (QED) is 0.454. The molecule has 1 N–H and O–H groups in total. The number of amides is 1. The van der Waals surface area contributed by atoms with Gasteiger partial charge in [0, 0.05) is 27.7 Å². The number of hydrogen-bond donors (Lipinski definition) is 1. The Balaban J connectivity index is 1.29. The third-order valence-corrected chi connectivity index (χ3v) is 6.18. The molecule has 0 fully saturated rings. The zero-order valence-electron chi connectivity index (χ0n) is 16.1. The average Bonchev–Trinajstić information content (AvgIpc) is 3.42. The van der Waals surface area contributed by atoms with E-state index in [-0.39, 0.29) is 18.1 Å². The highest BCUT2D eigenvalue weighted by Gasteiger charge is 2.15. The Kier molecular flexibility index (Phi) is 4.55. The number of rotatable bonds is 5. The average molecular weight is 420 g/mol. The summed E-state index contributed by atoms with van der Waals surface area (Å²) in [5.41, 5.74) is 3.97. The topological polar surface area (TPSA) is 72.4 Å². The molecule has 0 aliphatic rings. The summed E-state index contributed by atoms with van der Waals surface area (Å²) in [6.45, 7) is 2.41. The third kappa shape index (κ3) is 3.35. The summed E-state index contributed by atoms with van der Waals surface area (Å²) in [5, 5.41) is 7.81. The van der Waals surface area contributed by atoms with Crippen molar-refractivity contribution in [2.24, 2.45) is 0 Å². The number of halogens is 1. The number of hydrogen-bond acceptors (Lipinski definition) is 5. The molecule has 1 amide bonds. The second kappa shape index (κ2) is 7.38. The van der Waals surface area contributed by atoms with Gasteiger partial charge < -0.3 is 9.84 Å². The molecule has 0 unspecified atom stereocenters. The SMILES string of the molecule is Cc1c(CNC(=O)Cc2noc3ccccc23)sc2nc(-c3ccc(F)cc3)cn12. The first-order chi connectivity index (χ1) is 14.6. The molecule has 0 radical (unpaired) electrons. The van der Waals surface area contributed by atoms with Gasteiger partial charge in [-0.3, -0.25) is 9.20 Å². The monoisotopic (exact) mass is 420 g/mol. The minimum absolute atomic E-state index is 0.119. The van der Waals surface area contributed by atoms with E-state index in [1.54, 1.807) is 12.1 Å². The fraction of sp³-hybridized carbons (Fsp3) is 0.136. The molecule has 2 aromatic carbocycles. The van der Waals surface area contributed by atoms with E-state index < -0.39 is 0 Å². The van der Waals surface area contributed by atoms with Gasteiger partial charge >= 0.3 is 0 Å². The summed E-state index contributed by atoms with van der Waals surface area (Å²) in [5.74, 6) is -0.390. The second-order valence-electron chi connectivity index (χ2n) is 6.98. The highest BCUT2D eigenvalue weighted by atomic mass is 32.1. The number of fused-ring (bicyclic) bond motifs is 2. The molecule has 0 aliphatic carbocycles. The Hall–Kier alpha value is -3.52. The van der Waals surface area contributed by atoms with Crippen LogP contribution in [0.15, 0.2) is 59.3 Å². The van der Waals surface area contributed by atoms with Crippen molar-refractivity contribution in [3.63, 3.8) is 0 Å². The van der Waals surface area contributed by atoms with Crippen LogP contribution in [-0.4, -0.2) is 20.4 Å². The van der Waals surface area contributed by atoms with Gasteiger partial charge in [0.1, 0.15) is 11.5 Å². The first-order valence-corrected chi connectivity index (χ1v) is 10.2. The van der Waals surface area contributed by atoms with Crippen molar-refractivity contribution in [3.05, 3.63) is 76.8 Å². The number of nitrogens with zero attached hydrogens (tertiary/aromatic N) is 3. The number of benzene rings is 2. The predicted octanol–water partition coefficient (Wildman–Crippen LogP) is 4.51. The number of carbonyl (C=O) groups is 1. The molecule has 3 aromatic heterocycles. The molecular formula is C22H17FN4O2S. The zero-order valence-corrected chi connectivity index (χ0v) is 16.9. The van der Waals surface area contributed by atoms with Gasteiger partial charge in [-0.1, -0.05) is 28.6 Å². The van der Waals surface area contributed by atoms with E-state index in [0.717, 1.165) is 32.2 Å². The molecule has 0 spiro atoms. The van der Waals surface area contributed by atoms with Crippen molar-refractivity contribution in [1.82, 2.24) is 19.9 Å². The molecule has 5 rings (SSSR count). The highest BCUT2D eigenvalue weighted by molar-refractivity contribution is 7.17. The van der Waals surface area contributed by atoms with Gasteiger partial charge in [0.25, 0.3) is 0 Å². The van der Waals surface area contributed by atoms with Gasteiger partial charge in [0.05, 0.1) is 18.7 Å². The van der Waals surface area contributed by atoms with Crippen LogP contribution in [0.4, 0.5) is 4.39 Å². The van der Waals surface area contributed by atoms with Gasteiger partial charge in [0.2, 0.25) is 5.91 Å². The standard InChI is InChI=1S/C22H17FN4O2S/c1-13-20(11-24-21(28)10-17-16-4-2-3-5-19(16)29-26-17)30-22-25-18(12-27(13)22)14-6-8-15(23)9-7-14/h2-9,12H,10-11H2,1H3,(H,24,28). The number of nitrogens with one attached hydrogen (secondary N) is 1. The number of imidazole rings is 1. The Morgan fingerprint density at radius 3 is 2.80 bits per heavy atom. The summed E-state index contributed by atoms with van der Waals surface area (Å²) in [7, 11) is 0. The van der Waals surface area contributed by atoms with Crippen LogP contribution in [0.2, 0.25) is 0 Å². The fourth-order valence-corrected chi connectivity index (χ4v) is 4.42. The summed E-state index contributed by atoms with van der Waals surface area (Å²) in [6.07, 6.45) is 2.09. The van der Waals surface area contributed by atoms with Crippen LogP contribution in [0.3, 0.4) is 0 Å². The lowest BCUT2D eigenvalue weighted by Gasteiger charge is -2.03. The second-order valence-corrected chi connectivity index (χ2v) is 8.04. The van der Waals surface area contributed by atoms with E-state index in [1.807, 2.05) is 41.8 Å². The summed E-state index contributed by atoms with van der Waals surface area (Å²) < 4.78 is 20.4. The highest BCUT2D eigenvalue weighted by Crippen LogP contribution is 2.27. The molecule has 8 heteroatoms. The fourth-order valence-electron chi connectivity index (χ4n) is 3.38. The van der Waals surface area contributed by atoms with Crippen molar-refractivity contribution in [2.75, 3.05) is 0 Å². The number of aromatic nitrogens is 3. The Morgan fingerprint density at radius 1 is 1.20 bits per heavy atom. The maximum absolute atomic E-state index is 13.1. The van der Waals surface area contributed by atoms with Crippen LogP contribution in [0, 0.1) is 12.7 Å². The molecule has 5 aromatic rings. The summed E-state index contributed by atoms with van der Waals surface area (Å²) in [6, 6.07) is 13.8. The van der Waals surface area contributed by atoms with Gasteiger partial charge in [-0.05, 0) is 43.3 Å². The molecule has 30 heavy (non-hydrogen) atoms. The van der Waals surface area contributed by atoms with Crippen molar-refractivity contribution in [3.8, 4) is 11.3 Å². The van der Waals surface area contributed by atoms with Gasteiger partial charge in [-0.25, -0.2) is 9.37 Å². The number of para-hydroxylation sites is 1. The molecule has 150 valence electrons. The Labute approximate surface area is 175 Å². The molecule has 0 saturated carbocycles. The van der Waals surface area contributed by atoms with E-state index in [0.29, 0.717) is 17.8 Å². The first kappa shape index (κ1) is 18.5. The maximum Gasteiger partial charge on any atom is 0.226 e. The van der Waals surface area contributed by atoms with Crippen LogP contribution < -0.4 is 5.32 Å². The Bertz CT molecular complexity index is 1370. The smallest absolute Gasteiger partial charge is 0.226 e.